The van der Waals surface area contributed by atoms with Crippen molar-refractivity contribution in [2.45, 2.75) is 45.6 Å². The van der Waals surface area contributed by atoms with Gasteiger partial charge in [0.25, 0.3) is 11.8 Å². The Balaban J connectivity index is 2.07. The lowest BCUT2D eigenvalue weighted by Crippen LogP contribution is -2.41. The van der Waals surface area contributed by atoms with Gasteiger partial charge in [0.15, 0.2) is 9.84 Å². The number of nitrogens with one attached hydrogen (secondary N) is 1. The van der Waals surface area contributed by atoms with Crippen molar-refractivity contribution in [1.82, 2.24) is 15.2 Å². The average molecular weight is 381 g/mol. The Hall–Kier alpha value is -1.96. The van der Waals surface area contributed by atoms with E-state index in [0.29, 0.717) is 30.6 Å². The largest absolute Gasteiger partial charge is 0.352 e. The molecule has 7 nitrogen and oxygen atoms in total. The van der Waals surface area contributed by atoms with Gasteiger partial charge in [0.2, 0.25) is 0 Å². The Morgan fingerprint density at radius 2 is 1.96 bits per heavy atom. The molecule has 0 saturated carbocycles. The molecule has 2 heterocycles. The molecule has 2 rings (SSSR count). The van der Waals surface area contributed by atoms with Crippen LogP contribution in [0.2, 0.25) is 0 Å². The van der Waals surface area contributed by atoms with Crippen LogP contribution in [0.5, 0.6) is 0 Å². The van der Waals surface area contributed by atoms with E-state index in [4.69, 9.17) is 0 Å². The molecule has 2 amide bonds. The number of rotatable bonds is 8. The van der Waals surface area contributed by atoms with Crippen molar-refractivity contribution < 1.29 is 18.0 Å². The second-order valence-corrected chi connectivity index (χ2v) is 8.80. The number of hydrogen-bond donors (Lipinski definition) is 1. The standard InChI is InChI=1S/C18H27N3O4S/c1-3-5-6-8-20-17(22)14-10-15(12-19-11-14)18(23)21(4-2)16-7-9-26(24,25)13-16/h10-12,16H,3-9,13H2,1-2H3,(H,20,22). The van der Waals surface area contributed by atoms with Crippen LogP contribution in [0, 0.1) is 0 Å². The van der Waals surface area contributed by atoms with E-state index in [9.17, 15) is 18.0 Å². The first kappa shape index (κ1) is 20.4. The topological polar surface area (TPSA) is 96.4 Å². The zero-order valence-corrected chi connectivity index (χ0v) is 16.2. The summed E-state index contributed by atoms with van der Waals surface area (Å²) >= 11 is 0. The van der Waals surface area contributed by atoms with Crippen molar-refractivity contribution in [2.24, 2.45) is 0 Å². The van der Waals surface area contributed by atoms with E-state index in [-0.39, 0.29) is 29.4 Å². The van der Waals surface area contributed by atoms with Gasteiger partial charge in [0, 0.05) is 31.5 Å². The monoisotopic (exact) mass is 381 g/mol. The summed E-state index contributed by atoms with van der Waals surface area (Å²) in [7, 11) is -3.08. The van der Waals surface area contributed by atoms with Gasteiger partial charge in [-0.25, -0.2) is 8.42 Å². The molecule has 1 aliphatic rings. The number of carbonyl (C=O) groups is 2. The van der Waals surface area contributed by atoms with Crippen LogP contribution in [0.3, 0.4) is 0 Å². The van der Waals surface area contributed by atoms with Crippen molar-refractivity contribution in [3.8, 4) is 0 Å². The zero-order chi connectivity index (χ0) is 19.2. The van der Waals surface area contributed by atoms with Crippen LogP contribution in [0.15, 0.2) is 18.5 Å². The molecule has 1 unspecified atom stereocenters. The quantitative estimate of drug-likeness (QED) is 0.691. The van der Waals surface area contributed by atoms with Crippen LogP contribution in [0.4, 0.5) is 0 Å². The average Bonchev–Trinajstić information content (AvgIpc) is 2.98. The summed E-state index contributed by atoms with van der Waals surface area (Å²) < 4.78 is 23.4. The van der Waals surface area contributed by atoms with Gasteiger partial charge in [-0.2, -0.15) is 0 Å². The number of amides is 2. The van der Waals surface area contributed by atoms with Crippen molar-refractivity contribution in [3.05, 3.63) is 29.6 Å². The zero-order valence-electron chi connectivity index (χ0n) is 15.4. The molecule has 0 bridgehead atoms. The highest BCUT2D eigenvalue weighted by Gasteiger charge is 2.34. The Bertz CT molecular complexity index is 749. The van der Waals surface area contributed by atoms with E-state index in [1.54, 1.807) is 4.90 Å². The number of unbranched alkanes of at least 4 members (excludes halogenated alkanes) is 2. The Morgan fingerprint density at radius 3 is 2.58 bits per heavy atom. The minimum absolute atomic E-state index is 0.00237. The van der Waals surface area contributed by atoms with Crippen molar-refractivity contribution in [1.29, 1.82) is 0 Å². The molecule has 1 aromatic heterocycles. The maximum atomic E-state index is 12.8. The van der Waals surface area contributed by atoms with E-state index in [1.165, 1.54) is 18.5 Å². The van der Waals surface area contributed by atoms with Crippen molar-refractivity contribution in [2.75, 3.05) is 24.6 Å². The first-order valence-electron chi connectivity index (χ1n) is 9.12. The molecule has 1 fully saturated rings. The van der Waals surface area contributed by atoms with Gasteiger partial charge in [0.1, 0.15) is 0 Å². The molecule has 0 radical (unpaired) electrons. The van der Waals surface area contributed by atoms with Gasteiger partial charge in [-0.3, -0.25) is 14.6 Å². The number of hydrogen-bond acceptors (Lipinski definition) is 5. The van der Waals surface area contributed by atoms with Gasteiger partial charge in [-0.15, -0.1) is 0 Å². The SMILES string of the molecule is CCCCCNC(=O)c1cncc(C(=O)N(CC)C2CCS(=O)(=O)C2)c1. The molecular formula is C18H27N3O4S. The maximum Gasteiger partial charge on any atom is 0.255 e. The number of sulfone groups is 1. The normalized spacial score (nSPS) is 18.5. The Morgan fingerprint density at radius 1 is 1.23 bits per heavy atom. The summed E-state index contributed by atoms with van der Waals surface area (Å²) in [6.45, 7) is 4.91. The van der Waals surface area contributed by atoms with Crippen molar-refractivity contribution in [3.63, 3.8) is 0 Å². The molecule has 1 aromatic rings. The predicted molar refractivity (Wildman–Crippen MR) is 99.9 cm³/mol. The number of carbonyl (C=O) groups excluding carboxylic acids is 2. The molecule has 144 valence electrons. The highest BCUT2D eigenvalue weighted by molar-refractivity contribution is 7.91. The van der Waals surface area contributed by atoms with Crippen LogP contribution in [-0.4, -0.2) is 60.8 Å². The molecule has 1 atom stereocenters. The summed E-state index contributed by atoms with van der Waals surface area (Å²) in [5.74, 6) is -0.435. The highest BCUT2D eigenvalue weighted by Crippen LogP contribution is 2.20. The van der Waals surface area contributed by atoms with E-state index in [1.807, 2.05) is 6.92 Å². The molecule has 1 saturated heterocycles. The minimum Gasteiger partial charge on any atom is -0.352 e. The summed E-state index contributed by atoms with van der Waals surface area (Å²) in [6, 6.07) is 1.21. The number of pyridine rings is 1. The van der Waals surface area contributed by atoms with Crippen LogP contribution in [0.25, 0.3) is 0 Å². The fourth-order valence-electron chi connectivity index (χ4n) is 3.11. The molecule has 8 heteroatoms. The third kappa shape index (κ3) is 5.27. The molecule has 0 aromatic carbocycles. The van der Waals surface area contributed by atoms with Gasteiger partial charge < -0.3 is 10.2 Å². The maximum absolute atomic E-state index is 12.8. The molecule has 26 heavy (non-hydrogen) atoms. The fourth-order valence-corrected chi connectivity index (χ4v) is 4.85. The fraction of sp³-hybridized carbons (Fsp3) is 0.611. The smallest absolute Gasteiger partial charge is 0.255 e. The lowest BCUT2D eigenvalue weighted by atomic mass is 10.1. The second-order valence-electron chi connectivity index (χ2n) is 6.57. The molecule has 0 spiro atoms. The van der Waals surface area contributed by atoms with E-state index >= 15 is 0 Å². The van der Waals surface area contributed by atoms with Gasteiger partial charge in [-0.05, 0) is 25.8 Å². The first-order chi connectivity index (χ1) is 12.4. The predicted octanol–water partition coefficient (Wildman–Crippen LogP) is 1.65. The second kappa shape index (κ2) is 9.12. The first-order valence-corrected chi connectivity index (χ1v) is 10.9. The van der Waals surface area contributed by atoms with Gasteiger partial charge in [0.05, 0.1) is 22.6 Å². The van der Waals surface area contributed by atoms with Crippen LogP contribution < -0.4 is 5.32 Å². The van der Waals surface area contributed by atoms with Crippen LogP contribution in [0.1, 0.15) is 60.2 Å². The molecule has 1 N–H and O–H groups in total. The molecular weight excluding hydrogens is 354 g/mol. The lowest BCUT2D eigenvalue weighted by molar-refractivity contribution is 0.0708. The molecule has 0 aliphatic carbocycles. The van der Waals surface area contributed by atoms with Gasteiger partial charge >= 0.3 is 0 Å². The summed E-state index contributed by atoms with van der Waals surface area (Å²) in [6.07, 6.45) is 6.34. The Labute approximate surface area is 155 Å². The number of nitrogens with zero attached hydrogens (tertiary/aromatic N) is 2. The lowest BCUT2D eigenvalue weighted by Gasteiger charge is -2.26. The van der Waals surface area contributed by atoms with E-state index in [2.05, 4.69) is 17.2 Å². The van der Waals surface area contributed by atoms with Crippen LogP contribution >= 0.6 is 0 Å². The van der Waals surface area contributed by atoms with Crippen molar-refractivity contribution >= 4 is 21.7 Å². The number of aromatic nitrogens is 1. The Kier molecular flexibility index (Phi) is 7.14. The van der Waals surface area contributed by atoms with Gasteiger partial charge in [-0.1, -0.05) is 19.8 Å². The van der Waals surface area contributed by atoms with E-state index < -0.39 is 9.84 Å². The van der Waals surface area contributed by atoms with E-state index in [0.717, 1.165) is 19.3 Å². The summed E-state index contributed by atoms with van der Waals surface area (Å²) in [5.41, 5.74) is 0.639. The van der Waals surface area contributed by atoms with Crippen LogP contribution in [-0.2, 0) is 9.84 Å². The third-order valence-corrected chi connectivity index (χ3v) is 6.31. The molecule has 1 aliphatic heterocycles. The highest BCUT2D eigenvalue weighted by atomic mass is 32.2. The summed E-state index contributed by atoms with van der Waals surface area (Å²) in [4.78, 5) is 30.6. The third-order valence-electron chi connectivity index (χ3n) is 4.56. The summed E-state index contributed by atoms with van der Waals surface area (Å²) in [5, 5.41) is 2.83. The minimum atomic E-state index is -3.08.